The zero-order chi connectivity index (χ0) is 9.97. The van der Waals surface area contributed by atoms with Crippen LogP contribution in [0.5, 0.6) is 0 Å². The number of halogens is 1. The van der Waals surface area contributed by atoms with Gasteiger partial charge in [-0.25, -0.2) is 4.98 Å². The molecule has 0 saturated heterocycles. The third-order valence-corrected chi connectivity index (χ3v) is 1.89. The summed E-state index contributed by atoms with van der Waals surface area (Å²) in [6, 6.07) is 12.2. The minimum absolute atomic E-state index is 0.386. The SMILES string of the molecule is Nc1cc(F)nc(-c2ccccc2)c1. The Kier molecular flexibility index (Phi) is 2.14. The van der Waals surface area contributed by atoms with Gasteiger partial charge in [-0.05, 0) is 6.07 Å². The summed E-state index contributed by atoms with van der Waals surface area (Å²) in [6.45, 7) is 0. The van der Waals surface area contributed by atoms with Gasteiger partial charge in [0.1, 0.15) is 0 Å². The molecular formula is C11H9FN2. The summed E-state index contributed by atoms with van der Waals surface area (Å²) < 4.78 is 12.9. The van der Waals surface area contributed by atoms with Crippen LogP contribution in [0.15, 0.2) is 42.5 Å². The van der Waals surface area contributed by atoms with Crippen molar-refractivity contribution >= 4 is 5.69 Å². The van der Waals surface area contributed by atoms with Crippen molar-refractivity contribution < 1.29 is 4.39 Å². The third-order valence-electron chi connectivity index (χ3n) is 1.89. The molecule has 2 aromatic rings. The van der Waals surface area contributed by atoms with Crippen LogP contribution in [-0.2, 0) is 0 Å². The van der Waals surface area contributed by atoms with Gasteiger partial charge in [-0.3, -0.25) is 0 Å². The van der Waals surface area contributed by atoms with Gasteiger partial charge in [0.05, 0.1) is 5.69 Å². The molecule has 0 atom stereocenters. The van der Waals surface area contributed by atoms with Crippen LogP contribution in [0.4, 0.5) is 10.1 Å². The molecule has 2 nitrogen and oxygen atoms in total. The van der Waals surface area contributed by atoms with E-state index in [9.17, 15) is 4.39 Å². The highest BCUT2D eigenvalue weighted by atomic mass is 19.1. The smallest absolute Gasteiger partial charge is 0.215 e. The lowest BCUT2D eigenvalue weighted by atomic mass is 10.1. The lowest BCUT2D eigenvalue weighted by Crippen LogP contribution is -1.92. The molecule has 0 aliphatic heterocycles. The Hall–Kier alpha value is -1.90. The number of pyridine rings is 1. The summed E-state index contributed by atoms with van der Waals surface area (Å²) in [5.74, 6) is -0.552. The molecule has 70 valence electrons. The maximum absolute atomic E-state index is 12.9. The van der Waals surface area contributed by atoms with Crippen molar-refractivity contribution in [2.75, 3.05) is 5.73 Å². The molecule has 0 saturated carbocycles. The first-order valence-corrected chi connectivity index (χ1v) is 4.24. The number of aromatic nitrogens is 1. The summed E-state index contributed by atoms with van der Waals surface area (Å²) in [5, 5.41) is 0. The summed E-state index contributed by atoms with van der Waals surface area (Å²) in [5.41, 5.74) is 7.32. The van der Waals surface area contributed by atoms with Crippen LogP contribution in [-0.4, -0.2) is 4.98 Å². The molecule has 0 fully saturated rings. The monoisotopic (exact) mass is 188 g/mol. The number of nitrogens with zero attached hydrogens (tertiary/aromatic N) is 1. The number of hydrogen-bond donors (Lipinski definition) is 1. The maximum Gasteiger partial charge on any atom is 0.215 e. The highest BCUT2D eigenvalue weighted by Crippen LogP contribution is 2.19. The highest BCUT2D eigenvalue weighted by molar-refractivity contribution is 5.62. The van der Waals surface area contributed by atoms with Gasteiger partial charge in [0.25, 0.3) is 0 Å². The third kappa shape index (κ3) is 1.71. The van der Waals surface area contributed by atoms with Gasteiger partial charge in [-0.1, -0.05) is 30.3 Å². The van der Waals surface area contributed by atoms with Crippen LogP contribution in [0.25, 0.3) is 11.3 Å². The molecule has 3 heteroatoms. The van der Waals surface area contributed by atoms with Crippen LogP contribution in [0.2, 0.25) is 0 Å². The first-order valence-electron chi connectivity index (χ1n) is 4.24. The van der Waals surface area contributed by atoms with Crippen molar-refractivity contribution in [3.8, 4) is 11.3 Å². The Bertz CT molecular complexity index is 420. The van der Waals surface area contributed by atoms with Crippen molar-refractivity contribution in [3.05, 3.63) is 48.4 Å². The highest BCUT2D eigenvalue weighted by Gasteiger charge is 2.01. The van der Waals surface area contributed by atoms with Gasteiger partial charge in [0, 0.05) is 17.3 Å². The molecule has 2 rings (SSSR count). The van der Waals surface area contributed by atoms with Gasteiger partial charge in [-0.2, -0.15) is 4.39 Å². The largest absolute Gasteiger partial charge is 0.399 e. The number of anilines is 1. The van der Waals surface area contributed by atoms with Gasteiger partial charge in [-0.15, -0.1) is 0 Å². The van der Waals surface area contributed by atoms with Crippen LogP contribution in [0.3, 0.4) is 0 Å². The van der Waals surface area contributed by atoms with Gasteiger partial charge in [0.15, 0.2) is 0 Å². The zero-order valence-corrected chi connectivity index (χ0v) is 7.44. The summed E-state index contributed by atoms with van der Waals surface area (Å²) in [6.07, 6.45) is 0. The molecule has 0 aliphatic carbocycles. The second-order valence-corrected chi connectivity index (χ2v) is 2.97. The molecule has 0 bridgehead atoms. The molecule has 0 radical (unpaired) electrons. The molecule has 0 amide bonds. The van der Waals surface area contributed by atoms with E-state index in [-0.39, 0.29) is 0 Å². The lowest BCUT2D eigenvalue weighted by Gasteiger charge is -2.01. The topological polar surface area (TPSA) is 38.9 Å². The number of hydrogen-bond acceptors (Lipinski definition) is 2. The Morgan fingerprint density at radius 3 is 2.43 bits per heavy atom. The van der Waals surface area contributed by atoms with Gasteiger partial charge in [0.2, 0.25) is 5.95 Å². The van der Waals surface area contributed by atoms with Crippen LogP contribution >= 0.6 is 0 Å². The zero-order valence-electron chi connectivity index (χ0n) is 7.44. The Morgan fingerprint density at radius 1 is 1.07 bits per heavy atom. The Balaban J connectivity index is 2.52. The van der Waals surface area contributed by atoms with E-state index in [2.05, 4.69) is 4.98 Å². The summed E-state index contributed by atoms with van der Waals surface area (Å²) in [4.78, 5) is 3.76. The lowest BCUT2D eigenvalue weighted by molar-refractivity contribution is 0.586. The number of rotatable bonds is 1. The maximum atomic E-state index is 12.9. The number of nitrogen functional groups attached to an aromatic ring is 1. The van der Waals surface area contributed by atoms with Crippen LogP contribution in [0.1, 0.15) is 0 Å². The molecule has 0 aliphatic rings. The fraction of sp³-hybridized carbons (Fsp3) is 0. The summed E-state index contributed by atoms with van der Waals surface area (Å²) in [7, 11) is 0. The first-order chi connectivity index (χ1) is 6.75. The molecule has 14 heavy (non-hydrogen) atoms. The van der Waals surface area contributed by atoms with E-state index in [0.717, 1.165) is 5.56 Å². The van der Waals surface area contributed by atoms with E-state index >= 15 is 0 Å². The fourth-order valence-electron chi connectivity index (χ4n) is 1.27. The standard InChI is InChI=1S/C11H9FN2/c12-11-7-9(13)6-10(14-11)8-4-2-1-3-5-8/h1-7H,(H2,13,14). The van der Waals surface area contributed by atoms with E-state index in [1.165, 1.54) is 6.07 Å². The van der Waals surface area contributed by atoms with Crippen LogP contribution < -0.4 is 5.73 Å². The predicted octanol–water partition coefficient (Wildman–Crippen LogP) is 2.47. The van der Waals surface area contributed by atoms with Crippen molar-refractivity contribution in [1.29, 1.82) is 0 Å². The van der Waals surface area contributed by atoms with Crippen molar-refractivity contribution in [2.24, 2.45) is 0 Å². The molecule has 0 spiro atoms. The second-order valence-electron chi connectivity index (χ2n) is 2.97. The molecule has 2 N–H and O–H groups in total. The van der Waals surface area contributed by atoms with Crippen LogP contribution in [0, 0.1) is 5.95 Å². The molecular weight excluding hydrogens is 179 g/mol. The minimum Gasteiger partial charge on any atom is -0.399 e. The van der Waals surface area contributed by atoms with Crippen molar-refractivity contribution in [3.63, 3.8) is 0 Å². The van der Waals surface area contributed by atoms with Gasteiger partial charge < -0.3 is 5.73 Å². The van der Waals surface area contributed by atoms with E-state index < -0.39 is 5.95 Å². The second kappa shape index (κ2) is 3.46. The predicted molar refractivity (Wildman–Crippen MR) is 54.0 cm³/mol. The average Bonchev–Trinajstić information content (AvgIpc) is 2.18. The number of benzene rings is 1. The van der Waals surface area contributed by atoms with Crippen molar-refractivity contribution in [2.45, 2.75) is 0 Å². The summed E-state index contributed by atoms with van der Waals surface area (Å²) >= 11 is 0. The normalized spacial score (nSPS) is 10.1. The van der Waals surface area contributed by atoms with E-state index in [4.69, 9.17) is 5.73 Å². The Labute approximate surface area is 81.2 Å². The average molecular weight is 188 g/mol. The van der Waals surface area contributed by atoms with Gasteiger partial charge >= 0.3 is 0 Å². The van der Waals surface area contributed by atoms with E-state index in [1.54, 1.807) is 6.07 Å². The fourth-order valence-corrected chi connectivity index (χ4v) is 1.27. The van der Waals surface area contributed by atoms with Crippen molar-refractivity contribution in [1.82, 2.24) is 4.98 Å². The molecule has 0 unspecified atom stereocenters. The van der Waals surface area contributed by atoms with E-state index in [1.807, 2.05) is 30.3 Å². The first kappa shape index (κ1) is 8.69. The minimum atomic E-state index is -0.552. The van der Waals surface area contributed by atoms with E-state index in [0.29, 0.717) is 11.4 Å². The Morgan fingerprint density at radius 2 is 1.79 bits per heavy atom. The molecule has 1 aromatic heterocycles. The quantitative estimate of drug-likeness (QED) is 0.698. The molecule has 1 aromatic carbocycles. The number of nitrogens with two attached hydrogens (primary N) is 1. The molecule has 1 heterocycles.